The third-order valence-corrected chi connectivity index (χ3v) is 8.37. The maximum Gasteiger partial charge on any atom is 0.366 e. The smallest absolute Gasteiger partial charge is 0.366 e. The van der Waals surface area contributed by atoms with E-state index >= 15 is 0 Å². The number of hydrogen-bond acceptors (Lipinski definition) is 9. The van der Waals surface area contributed by atoms with E-state index in [0.29, 0.717) is 50.1 Å². The van der Waals surface area contributed by atoms with Gasteiger partial charge in [-0.1, -0.05) is 36.4 Å². The first-order chi connectivity index (χ1) is 22.9. The molecule has 2 aliphatic heterocycles. The van der Waals surface area contributed by atoms with Crippen LogP contribution < -0.4 is 15.4 Å². The number of hydrogen-bond donors (Lipinski definition) is 2. The van der Waals surface area contributed by atoms with E-state index in [1.807, 2.05) is 75.3 Å². The molecule has 0 bridgehead atoms. The number of benzene rings is 3. The van der Waals surface area contributed by atoms with Crippen LogP contribution in [0.3, 0.4) is 0 Å². The molecule has 3 aromatic heterocycles. The van der Waals surface area contributed by atoms with E-state index in [1.165, 1.54) is 0 Å². The van der Waals surface area contributed by atoms with Crippen LogP contribution in [0.1, 0.15) is 55.0 Å². The first-order valence-corrected chi connectivity index (χ1v) is 15.3. The van der Waals surface area contributed by atoms with Crippen molar-refractivity contribution in [2.24, 2.45) is 0 Å². The van der Waals surface area contributed by atoms with E-state index in [4.69, 9.17) is 9.47 Å². The first-order valence-electron chi connectivity index (χ1n) is 15.3. The fourth-order valence-corrected chi connectivity index (χ4v) is 5.87. The number of imidazole rings is 2. The zero-order valence-corrected chi connectivity index (χ0v) is 25.5. The second-order valence-electron chi connectivity index (χ2n) is 11.6. The average molecular weight is 627 g/mol. The quantitative estimate of drug-likeness (QED) is 0.185. The number of aromatic nitrogens is 6. The van der Waals surface area contributed by atoms with Gasteiger partial charge in [0.1, 0.15) is 23.1 Å². The van der Waals surface area contributed by atoms with Crippen LogP contribution in [0, 0.1) is 6.92 Å². The molecule has 12 nitrogen and oxygen atoms in total. The van der Waals surface area contributed by atoms with Crippen LogP contribution in [0.4, 0.5) is 11.4 Å². The maximum absolute atomic E-state index is 13.0. The molecule has 0 atom stereocenters. The molecule has 0 radical (unpaired) electrons. The summed E-state index contributed by atoms with van der Waals surface area (Å²) in [6, 6.07) is 23.7. The van der Waals surface area contributed by atoms with Gasteiger partial charge in [-0.25, -0.2) is 19.6 Å². The summed E-state index contributed by atoms with van der Waals surface area (Å²) in [4.78, 5) is 35.0. The van der Waals surface area contributed by atoms with E-state index in [9.17, 15) is 9.59 Å². The van der Waals surface area contributed by atoms with Crippen molar-refractivity contribution in [3.05, 3.63) is 137 Å². The second kappa shape index (κ2) is 11.6. The molecule has 0 saturated carbocycles. The van der Waals surface area contributed by atoms with Gasteiger partial charge in [0.05, 0.1) is 32.7 Å². The number of para-hydroxylation sites is 1. The Labute approximate surface area is 269 Å². The highest BCUT2D eigenvalue weighted by Gasteiger charge is 2.25. The molecule has 47 heavy (non-hydrogen) atoms. The van der Waals surface area contributed by atoms with Crippen LogP contribution in [-0.4, -0.2) is 40.8 Å². The summed E-state index contributed by atoms with van der Waals surface area (Å²) in [5.41, 5.74) is 6.35. The van der Waals surface area contributed by atoms with Crippen molar-refractivity contribution in [1.82, 2.24) is 28.9 Å². The van der Waals surface area contributed by atoms with Gasteiger partial charge in [-0.15, -0.1) is 0 Å². The van der Waals surface area contributed by atoms with E-state index in [0.717, 1.165) is 39.5 Å². The molecule has 234 valence electrons. The highest BCUT2D eigenvalue weighted by molar-refractivity contribution is 6.00. The molecule has 2 N–H and O–H groups in total. The van der Waals surface area contributed by atoms with E-state index in [2.05, 4.69) is 43.9 Å². The topological polar surface area (TPSA) is 130 Å². The molecule has 5 heterocycles. The van der Waals surface area contributed by atoms with Crippen molar-refractivity contribution in [2.75, 3.05) is 10.6 Å². The Hall–Kier alpha value is -6.17. The number of anilines is 2. The molecule has 12 heteroatoms. The predicted octanol–water partition coefficient (Wildman–Crippen LogP) is 5.37. The molecule has 6 aromatic rings. The first kappa shape index (κ1) is 28.3. The van der Waals surface area contributed by atoms with E-state index < -0.39 is 11.9 Å². The van der Waals surface area contributed by atoms with E-state index in [-0.39, 0.29) is 11.4 Å². The minimum atomic E-state index is -0.825. The average Bonchev–Trinajstić information content (AvgIpc) is 3.74. The van der Waals surface area contributed by atoms with Crippen molar-refractivity contribution < 1.29 is 19.1 Å². The maximum atomic E-state index is 13.0. The zero-order chi connectivity index (χ0) is 31.9. The van der Waals surface area contributed by atoms with Crippen LogP contribution in [0.5, 0.6) is 11.5 Å². The SMILES string of the molecule is Cc1ccnn1Cc1ccc2c(c1)NCc1nc(C(=O)OC(=O)c3cn4c(n3)CNc3cc(Oc5ccccc5)ccc3C4)cn1C2. The Morgan fingerprint density at radius 3 is 2.04 bits per heavy atom. The number of esters is 2. The second-order valence-corrected chi connectivity index (χ2v) is 11.6. The van der Waals surface area contributed by atoms with Crippen LogP contribution >= 0.6 is 0 Å². The summed E-state index contributed by atoms with van der Waals surface area (Å²) >= 11 is 0. The highest BCUT2D eigenvalue weighted by Crippen LogP contribution is 2.30. The van der Waals surface area contributed by atoms with Crippen molar-refractivity contribution >= 4 is 23.3 Å². The largest absolute Gasteiger partial charge is 0.457 e. The Morgan fingerprint density at radius 2 is 1.40 bits per heavy atom. The molecule has 0 aliphatic carbocycles. The number of nitrogens with one attached hydrogen (secondary N) is 2. The van der Waals surface area contributed by atoms with Crippen LogP contribution in [-0.2, 0) is 37.5 Å². The Kier molecular flexibility index (Phi) is 7.01. The Bertz CT molecular complexity index is 2150. The fourth-order valence-electron chi connectivity index (χ4n) is 5.87. The minimum absolute atomic E-state index is 0.0557. The monoisotopic (exact) mass is 626 g/mol. The number of aryl methyl sites for hydroxylation is 1. The van der Waals surface area contributed by atoms with Crippen LogP contribution in [0.2, 0.25) is 0 Å². The van der Waals surface area contributed by atoms with Gasteiger partial charge in [-0.05, 0) is 53.9 Å². The lowest BCUT2D eigenvalue weighted by atomic mass is 10.1. The lowest BCUT2D eigenvalue weighted by Gasteiger charge is -2.11. The molecule has 0 unspecified atom stereocenters. The summed E-state index contributed by atoms with van der Waals surface area (Å²) in [7, 11) is 0. The van der Waals surface area contributed by atoms with Gasteiger partial charge < -0.3 is 29.2 Å². The molecule has 0 saturated heterocycles. The number of carbonyl (C=O) groups is 2. The fraction of sp³-hybridized carbons (Fsp3) is 0.171. The number of rotatable bonds is 6. The highest BCUT2D eigenvalue weighted by atomic mass is 16.6. The lowest BCUT2D eigenvalue weighted by molar-refractivity contribution is 0.0389. The van der Waals surface area contributed by atoms with Gasteiger partial charge in [-0.3, -0.25) is 4.68 Å². The normalized spacial score (nSPS) is 13.0. The van der Waals surface area contributed by atoms with Crippen LogP contribution in [0.25, 0.3) is 0 Å². The summed E-state index contributed by atoms with van der Waals surface area (Å²) in [6.07, 6.45) is 5.04. The molecule has 0 fully saturated rings. The van der Waals surface area contributed by atoms with Gasteiger partial charge in [0.25, 0.3) is 0 Å². The van der Waals surface area contributed by atoms with Crippen molar-refractivity contribution in [3.63, 3.8) is 0 Å². The minimum Gasteiger partial charge on any atom is -0.457 e. The molecule has 8 rings (SSSR count). The van der Waals surface area contributed by atoms with Gasteiger partial charge in [-0.2, -0.15) is 5.10 Å². The summed E-state index contributed by atoms with van der Waals surface area (Å²) in [5, 5.41) is 11.2. The van der Waals surface area contributed by atoms with Crippen molar-refractivity contribution in [2.45, 2.75) is 39.6 Å². The predicted molar refractivity (Wildman–Crippen MR) is 173 cm³/mol. The molecule has 0 spiro atoms. The standard InChI is InChI=1S/C35H30N8O4/c1-22-11-12-38-43(22)17-23-7-8-24-18-41-20-30(39-32(41)15-36-28(24)13-23)34(44)47-35(45)31-21-42-19-25-9-10-27(46-26-5-3-2-4-6-26)14-29(25)37-16-33(42)40-31/h2-14,20-21,36-37H,15-19H2,1H3. The number of fused-ring (bicyclic) bond motifs is 4. The number of carbonyl (C=O) groups excluding carboxylic acids is 2. The third-order valence-electron chi connectivity index (χ3n) is 8.37. The Balaban J connectivity index is 0.922. The number of nitrogens with zero attached hydrogens (tertiary/aromatic N) is 6. The Morgan fingerprint density at radius 1 is 0.766 bits per heavy atom. The molecular formula is C35H30N8O4. The van der Waals surface area contributed by atoms with Gasteiger partial charge in [0, 0.05) is 41.7 Å². The lowest BCUT2D eigenvalue weighted by Crippen LogP contribution is -2.14. The summed E-state index contributed by atoms with van der Waals surface area (Å²) < 4.78 is 16.9. The van der Waals surface area contributed by atoms with Gasteiger partial charge in [0.2, 0.25) is 0 Å². The molecule has 2 aliphatic rings. The molecular weight excluding hydrogens is 596 g/mol. The summed E-state index contributed by atoms with van der Waals surface area (Å²) in [5.74, 6) is 1.14. The van der Waals surface area contributed by atoms with Gasteiger partial charge >= 0.3 is 11.9 Å². The zero-order valence-electron chi connectivity index (χ0n) is 25.5. The summed E-state index contributed by atoms with van der Waals surface area (Å²) in [6.45, 7) is 4.52. The number of ether oxygens (including phenoxy) is 2. The third kappa shape index (κ3) is 5.72. The van der Waals surface area contributed by atoms with Crippen molar-refractivity contribution in [1.29, 1.82) is 0 Å². The van der Waals surface area contributed by atoms with Crippen LogP contribution in [0.15, 0.2) is 91.4 Å². The molecule has 3 aromatic carbocycles. The van der Waals surface area contributed by atoms with Crippen molar-refractivity contribution in [3.8, 4) is 11.5 Å². The van der Waals surface area contributed by atoms with E-state index in [1.54, 1.807) is 18.6 Å². The van der Waals surface area contributed by atoms with Gasteiger partial charge in [0.15, 0.2) is 11.4 Å². The molecule has 0 amide bonds.